The third-order valence-electron chi connectivity index (χ3n) is 0.149. The van der Waals surface area contributed by atoms with Gasteiger partial charge in [0, 0.05) is 0 Å². The van der Waals surface area contributed by atoms with Crippen molar-refractivity contribution in [1.82, 2.24) is 0 Å². The summed E-state index contributed by atoms with van der Waals surface area (Å²) in [5, 5.41) is 7.69. The molecule has 0 aromatic rings. The first-order chi connectivity index (χ1) is 1.91. The van der Waals surface area contributed by atoms with Gasteiger partial charge in [-0.15, -0.1) is 12.4 Å². The van der Waals surface area contributed by atoms with E-state index in [2.05, 4.69) is 0 Å². The highest BCUT2D eigenvalue weighted by molar-refractivity contribution is 5.85. The number of halogens is 1. The maximum atomic E-state index is 7.69. The minimum atomic E-state index is 0. The Bertz CT molecular complexity index is 22.1. The average Bonchev–Trinajstić information content (AvgIpc) is 1.37. The van der Waals surface area contributed by atoms with Gasteiger partial charge in [0.25, 0.3) is 0 Å². The molecular formula is C3H7ClO. The fraction of sp³-hybridized carbons (Fsp3) is 0.333. The van der Waals surface area contributed by atoms with Gasteiger partial charge in [-0.25, -0.2) is 0 Å². The van der Waals surface area contributed by atoms with E-state index in [9.17, 15) is 0 Å². The summed E-state index contributed by atoms with van der Waals surface area (Å²) < 4.78 is 0. The zero-order valence-electron chi connectivity index (χ0n) is 3.01. The second-order valence-corrected chi connectivity index (χ2v) is 0.482. The molecule has 0 fully saturated rings. The molecule has 0 saturated heterocycles. The first-order valence-electron chi connectivity index (χ1n) is 1.17. The average molecular weight is 94.5 g/mol. The van der Waals surface area contributed by atoms with Crippen LogP contribution in [0.4, 0.5) is 0 Å². The molecule has 0 aliphatic heterocycles. The van der Waals surface area contributed by atoms with Crippen LogP contribution in [0.5, 0.6) is 0 Å². The van der Waals surface area contributed by atoms with E-state index in [0.717, 1.165) is 6.26 Å². The van der Waals surface area contributed by atoms with Gasteiger partial charge in [0.05, 0.1) is 6.26 Å². The van der Waals surface area contributed by atoms with Gasteiger partial charge in [-0.1, -0.05) is 6.08 Å². The Morgan fingerprint density at radius 2 is 1.80 bits per heavy atom. The second-order valence-electron chi connectivity index (χ2n) is 0.482. The Kier molecular flexibility index (Phi) is 16.2. The van der Waals surface area contributed by atoms with Crippen molar-refractivity contribution < 1.29 is 5.11 Å². The Balaban J connectivity index is 0. The van der Waals surface area contributed by atoms with Gasteiger partial charge < -0.3 is 5.11 Å². The lowest BCUT2D eigenvalue weighted by atomic mass is 10.8. The summed E-state index contributed by atoms with van der Waals surface area (Å²) in [6, 6.07) is 0. The molecule has 0 rings (SSSR count). The maximum Gasteiger partial charge on any atom is 0.0748 e. The second kappa shape index (κ2) is 9.16. The zero-order valence-corrected chi connectivity index (χ0v) is 3.83. The standard InChI is InChI=1S/C3H6O.ClH/c1-2-3-4;/h2-4H,1H3;1H. The molecule has 1 nitrogen and oxygen atoms in total. The minimum Gasteiger partial charge on any atom is -0.516 e. The lowest BCUT2D eigenvalue weighted by Crippen LogP contribution is -1.36. The van der Waals surface area contributed by atoms with Crippen LogP contribution in [-0.4, -0.2) is 5.11 Å². The number of allylic oxidation sites excluding steroid dienone is 1. The predicted octanol–water partition coefficient (Wildman–Crippen LogP) is 1.50. The molecule has 0 aliphatic carbocycles. The molecule has 0 bridgehead atoms. The molecule has 32 valence electrons. The number of hydrogen-bond donors (Lipinski definition) is 1. The van der Waals surface area contributed by atoms with Crippen molar-refractivity contribution in [1.29, 1.82) is 0 Å². The Morgan fingerprint density at radius 3 is 1.80 bits per heavy atom. The van der Waals surface area contributed by atoms with Crippen LogP contribution in [0.3, 0.4) is 0 Å². The molecule has 0 heterocycles. The van der Waals surface area contributed by atoms with E-state index >= 15 is 0 Å². The lowest BCUT2D eigenvalue weighted by Gasteiger charge is -1.53. The predicted molar refractivity (Wildman–Crippen MR) is 24.7 cm³/mol. The van der Waals surface area contributed by atoms with E-state index in [-0.39, 0.29) is 12.4 Å². The molecule has 0 saturated carbocycles. The summed E-state index contributed by atoms with van der Waals surface area (Å²) in [7, 11) is 0. The Hall–Kier alpha value is -0.170. The van der Waals surface area contributed by atoms with Crippen LogP contribution in [0.2, 0.25) is 0 Å². The number of hydrogen-bond acceptors (Lipinski definition) is 1. The van der Waals surface area contributed by atoms with Crippen LogP contribution in [0, 0.1) is 0 Å². The molecule has 0 aromatic carbocycles. The lowest BCUT2D eigenvalue weighted by molar-refractivity contribution is 0.472. The van der Waals surface area contributed by atoms with Crippen LogP contribution in [0.15, 0.2) is 12.3 Å². The van der Waals surface area contributed by atoms with Gasteiger partial charge in [-0.05, 0) is 6.92 Å². The molecular weight excluding hydrogens is 87.5 g/mol. The number of aliphatic hydroxyl groups excluding tert-OH is 1. The molecule has 0 spiro atoms. The van der Waals surface area contributed by atoms with Crippen molar-refractivity contribution in [2.45, 2.75) is 6.92 Å². The normalized spacial score (nSPS) is 7.40. The summed E-state index contributed by atoms with van der Waals surface area (Å²) in [5.41, 5.74) is 0. The summed E-state index contributed by atoms with van der Waals surface area (Å²) in [5.74, 6) is 0. The van der Waals surface area contributed by atoms with Crippen LogP contribution < -0.4 is 0 Å². The van der Waals surface area contributed by atoms with E-state index in [1.165, 1.54) is 0 Å². The van der Waals surface area contributed by atoms with Crippen LogP contribution in [-0.2, 0) is 0 Å². The van der Waals surface area contributed by atoms with Crippen molar-refractivity contribution in [2.75, 3.05) is 0 Å². The van der Waals surface area contributed by atoms with Crippen molar-refractivity contribution in [3.63, 3.8) is 0 Å². The Labute approximate surface area is 37.7 Å². The number of aliphatic hydroxyl groups is 1. The molecule has 1 N–H and O–H groups in total. The first-order valence-corrected chi connectivity index (χ1v) is 1.17. The van der Waals surface area contributed by atoms with Gasteiger partial charge in [-0.3, -0.25) is 0 Å². The van der Waals surface area contributed by atoms with E-state index in [1.807, 2.05) is 0 Å². The fourth-order valence-corrected chi connectivity index (χ4v) is 0. The smallest absolute Gasteiger partial charge is 0.0748 e. The van der Waals surface area contributed by atoms with Gasteiger partial charge in [0.1, 0.15) is 0 Å². The van der Waals surface area contributed by atoms with Gasteiger partial charge in [0.15, 0.2) is 0 Å². The molecule has 5 heavy (non-hydrogen) atoms. The van der Waals surface area contributed by atoms with Crippen molar-refractivity contribution in [2.24, 2.45) is 0 Å². The van der Waals surface area contributed by atoms with E-state index < -0.39 is 0 Å². The van der Waals surface area contributed by atoms with Crippen molar-refractivity contribution in [3.05, 3.63) is 12.3 Å². The molecule has 0 aliphatic rings. The summed E-state index contributed by atoms with van der Waals surface area (Å²) in [6.45, 7) is 1.75. The molecule has 0 amide bonds. The van der Waals surface area contributed by atoms with E-state index in [1.54, 1.807) is 13.0 Å². The third-order valence-corrected chi connectivity index (χ3v) is 0.149. The molecule has 2 heteroatoms. The largest absolute Gasteiger partial charge is 0.516 e. The third kappa shape index (κ3) is 18.6. The SMILES string of the molecule is CC=CO.Cl. The number of rotatable bonds is 0. The maximum absolute atomic E-state index is 7.69. The highest BCUT2D eigenvalue weighted by Crippen LogP contribution is 1.51. The topological polar surface area (TPSA) is 20.2 Å². The highest BCUT2D eigenvalue weighted by Gasteiger charge is 1.35. The van der Waals surface area contributed by atoms with E-state index in [0.29, 0.717) is 0 Å². The fourth-order valence-electron chi connectivity index (χ4n) is 0. The van der Waals surface area contributed by atoms with Gasteiger partial charge in [0.2, 0.25) is 0 Å². The monoisotopic (exact) mass is 94.0 g/mol. The van der Waals surface area contributed by atoms with E-state index in [4.69, 9.17) is 5.11 Å². The van der Waals surface area contributed by atoms with Crippen LogP contribution in [0.1, 0.15) is 6.92 Å². The summed E-state index contributed by atoms with van der Waals surface area (Å²) in [6.07, 6.45) is 2.56. The van der Waals surface area contributed by atoms with Gasteiger partial charge in [-0.2, -0.15) is 0 Å². The van der Waals surface area contributed by atoms with Crippen molar-refractivity contribution >= 4 is 12.4 Å². The first kappa shape index (κ1) is 8.85. The van der Waals surface area contributed by atoms with Crippen LogP contribution >= 0.6 is 12.4 Å². The molecule has 0 radical (unpaired) electrons. The zero-order chi connectivity index (χ0) is 3.41. The van der Waals surface area contributed by atoms with Gasteiger partial charge >= 0.3 is 0 Å². The van der Waals surface area contributed by atoms with Crippen LogP contribution in [0.25, 0.3) is 0 Å². The minimum absolute atomic E-state index is 0. The molecule has 0 aromatic heterocycles. The highest BCUT2D eigenvalue weighted by atomic mass is 35.5. The quantitative estimate of drug-likeness (QED) is 0.451. The summed E-state index contributed by atoms with van der Waals surface area (Å²) in [4.78, 5) is 0. The Morgan fingerprint density at radius 1 is 1.60 bits per heavy atom. The molecule has 0 atom stereocenters. The summed E-state index contributed by atoms with van der Waals surface area (Å²) >= 11 is 0. The molecule has 0 unspecified atom stereocenters. The van der Waals surface area contributed by atoms with Crippen molar-refractivity contribution in [3.8, 4) is 0 Å².